The summed E-state index contributed by atoms with van der Waals surface area (Å²) in [5.41, 5.74) is 1.46. The summed E-state index contributed by atoms with van der Waals surface area (Å²) in [5, 5.41) is 1.19. The zero-order valence-electron chi connectivity index (χ0n) is 15.2. The van der Waals surface area contributed by atoms with Gasteiger partial charge in [0.05, 0.1) is 5.39 Å². The number of H-pyrrole nitrogens is 1. The van der Waals surface area contributed by atoms with E-state index in [1.165, 1.54) is 4.88 Å². The summed E-state index contributed by atoms with van der Waals surface area (Å²) < 4.78 is 6.81. The zero-order chi connectivity index (χ0) is 20.1. The standard InChI is InChI=1S/C21H15ClN2O3S2/c22-12-7-5-11(6-8-12)14-9-10-15(27-14)19(25)24-20(26)17-13-3-1-2-4-16(13)29-18(17)23-21(24)28/h5-10H,1-4H2,(H,23,28). The largest absolute Gasteiger partial charge is 0.451 e. The summed E-state index contributed by atoms with van der Waals surface area (Å²) in [6.07, 6.45) is 3.98. The molecule has 0 bridgehead atoms. The molecule has 1 N–H and O–H groups in total. The number of aromatic amines is 1. The number of rotatable bonds is 2. The Morgan fingerprint density at radius 3 is 2.69 bits per heavy atom. The quantitative estimate of drug-likeness (QED) is 0.410. The Bertz CT molecular complexity index is 1380. The molecule has 0 amide bonds. The molecule has 0 atom stereocenters. The highest BCUT2D eigenvalue weighted by Crippen LogP contribution is 2.33. The molecule has 0 aliphatic heterocycles. The lowest BCUT2D eigenvalue weighted by Gasteiger charge is -2.10. The summed E-state index contributed by atoms with van der Waals surface area (Å²) in [6, 6.07) is 10.3. The maximum atomic E-state index is 13.2. The number of fused-ring (bicyclic) bond motifs is 3. The summed E-state index contributed by atoms with van der Waals surface area (Å²) in [7, 11) is 0. The van der Waals surface area contributed by atoms with Crippen molar-refractivity contribution in [1.82, 2.24) is 9.55 Å². The molecule has 29 heavy (non-hydrogen) atoms. The molecule has 1 aliphatic carbocycles. The Labute approximate surface area is 179 Å². The lowest BCUT2D eigenvalue weighted by Crippen LogP contribution is -2.29. The van der Waals surface area contributed by atoms with Crippen LogP contribution in [0.1, 0.15) is 33.8 Å². The Balaban J connectivity index is 1.61. The number of benzene rings is 1. The molecule has 0 spiro atoms. The minimum Gasteiger partial charge on any atom is -0.451 e. The summed E-state index contributed by atoms with van der Waals surface area (Å²) in [6.45, 7) is 0. The van der Waals surface area contributed by atoms with Gasteiger partial charge in [0.15, 0.2) is 10.5 Å². The van der Waals surface area contributed by atoms with E-state index in [1.807, 2.05) is 0 Å². The van der Waals surface area contributed by atoms with Gasteiger partial charge in [0.2, 0.25) is 0 Å². The number of aryl methyl sites for hydroxylation is 2. The van der Waals surface area contributed by atoms with Crippen LogP contribution in [0.4, 0.5) is 0 Å². The first-order valence-electron chi connectivity index (χ1n) is 9.23. The highest BCUT2D eigenvalue weighted by molar-refractivity contribution is 7.71. The highest BCUT2D eigenvalue weighted by Gasteiger charge is 2.24. The zero-order valence-corrected chi connectivity index (χ0v) is 17.5. The number of thiophene rings is 1. The van der Waals surface area contributed by atoms with Gasteiger partial charge in [0, 0.05) is 15.5 Å². The van der Waals surface area contributed by atoms with Crippen LogP contribution in [0, 0.1) is 4.77 Å². The van der Waals surface area contributed by atoms with Crippen LogP contribution >= 0.6 is 35.2 Å². The molecule has 0 saturated carbocycles. The number of halogens is 1. The molecule has 8 heteroatoms. The van der Waals surface area contributed by atoms with E-state index < -0.39 is 5.91 Å². The molecular weight excluding hydrogens is 428 g/mol. The molecule has 4 aromatic rings. The number of carbonyl (C=O) groups excluding carboxylic acids is 1. The summed E-state index contributed by atoms with van der Waals surface area (Å²) >= 11 is 12.8. The van der Waals surface area contributed by atoms with E-state index in [9.17, 15) is 9.59 Å². The van der Waals surface area contributed by atoms with Crippen molar-refractivity contribution in [2.75, 3.05) is 0 Å². The van der Waals surface area contributed by atoms with Crippen LogP contribution < -0.4 is 5.56 Å². The molecule has 3 aromatic heterocycles. The third-order valence-electron chi connectivity index (χ3n) is 5.16. The van der Waals surface area contributed by atoms with Gasteiger partial charge in [-0.15, -0.1) is 11.3 Å². The first-order valence-corrected chi connectivity index (χ1v) is 10.8. The van der Waals surface area contributed by atoms with Gasteiger partial charge in [-0.1, -0.05) is 11.6 Å². The van der Waals surface area contributed by atoms with Crippen molar-refractivity contribution in [2.45, 2.75) is 25.7 Å². The molecule has 0 saturated heterocycles. The van der Waals surface area contributed by atoms with E-state index in [-0.39, 0.29) is 16.1 Å². The third kappa shape index (κ3) is 3.10. The second-order valence-electron chi connectivity index (χ2n) is 6.96. The van der Waals surface area contributed by atoms with Gasteiger partial charge >= 0.3 is 5.91 Å². The second kappa shape index (κ2) is 7.09. The maximum absolute atomic E-state index is 13.2. The van der Waals surface area contributed by atoms with Crippen molar-refractivity contribution in [3.8, 4) is 11.3 Å². The molecule has 0 fully saturated rings. The van der Waals surface area contributed by atoms with E-state index >= 15 is 0 Å². The molecular formula is C21H15ClN2O3S2. The molecule has 5 rings (SSSR count). The van der Waals surface area contributed by atoms with Crippen LogP contribution in [0.5, 0.6) is 0 Å². The number of hydrogen-bond donors (Lipinski definition) is 1. The maximum Gasteiger partial charge on any atom is 0.302 e. The lowest BCUT2D eigenvalue weighted by atomic mass is 9.97. The Kier molecular flexibility index (Phi) is 4.53. The van der Waals surface area contributed by atoms with Crippen molar-refractivity contribution >= 4 is 51.3 Å². The second-order valence-corrected chi connectivity index (χ2v) is 8.89. The normalized spacial score (nSPS) is 13.6. The molecule has 1 aliphatic rings. The Morgan fingerprint density at radius 2 is 1.90 bits per heavy atom. The fourth-order valence-electron chi connectivity index (χ4n) is 3.75. The van der Waals surface area contributed by atoms with Gasteiger partial charge in [-0.05, 0) is 79.9 Å². The SMILES string of the molecule is O=C(c1ccc(-c2ccc(Cl)cc2)o1)n1c(=S)[nH]c2sc3c(c2c1=O)CCCC3. The summed E-state index contributed by atoms with van der Waals surface area (Å²) in [5.74, 6) is -0.00363. The highest BCUT2D eigenvalue weighted by atomic mass is 35.5. The average Bonchev–Trinajstić information content (AvgIpc) is 3.33. The predicted octanol–water partition coefficient (Wildman–Crippen LogP) is 5.60. The molecule has 3 heterocycles. The Hall–Kier alpha value is -2.48. The molecule has 0 unspecified atom stereocenters. The molecule has 146 valence electrons. The smallest absolute Gasteiger partial charge is 0.302 e. The van der Waals surface area contributed by atoms with E-state index in [0.717, 1.165) is 46.2 Å². The van der Waals surface area contributed by atoms with Crippen LogP contribution in [-0.4, -0.2) is 15.5 Å². The fourth-order valence-corrected chi connectivity index (χ4v) is 5.49. The van der Waals surface area contributed by atoms with Crippen molar-refractivity contribution in [2.24, 2.45) is 0 Å². The number of nitrogens with one attached hydrogen (secondary N) is 1. The fraction of sp³-hybridized carbons (Fsp3) is 0.190. The summed E-state index contributed by atoms with van der Waals surface area (Å²) in [4.78, 5) is 31.3. The minimum atomic E-state index is -0.575. The van der Waals surface area contributed by atoms with Crippen LogP contribution in [0.15, 0.2) is 45.6 Å². The average molecular weight is 443 g/mol. The van der Waals surface area contributed by atoms with Gasteiger partial charge in [-0.25, -0.2) is 4.57 Å². The number of nitrogens with zero attached hydrogens (tertiary/aromatic N) is 1. The number of aromatic nitrogens is 2. The van der Waals surface area contributed by atoms with Gasteiger partial charge in [-0.2, -0.15) is 0 Å². The number of furan rings is 1. The monoisotopic (exact) mass is 442 g/mol. The number of hydrogen-bond acceptors (Lipinski definition) is 5. The van der Waals surface area contributed by atoms with Crippen molar-refractivity contribution in [3.05, 3.63) is 72.7 Å². The van der Waals surface area contributed by atoms with Crippen molar-refractivity contribution in [1.29, 1.82) is 0 Å². The Morgan fingerprint density at radius 1 is 1.14 bits per heavy atom. The van der Waals surface area contributed by atoms with E-state index in [1.54, 1.807) is 47.7 Å². The lowest BCUT2D eigenvalue weighted by molar-refractivity contribution is 0.0927. The number of carbonyl (C=O) groups is 1. The van der Waals surface area contributed by atoms with Crippen molar-refractivity contribution in [3.63, 3.8) is 0 Å². The predicted molar refractivity (Wildman–Crippen MR) is 117 cm³/mol. The first-order chi connectivity index (χ1) is 14.0. The van der Waals surface area contributed by atoms with Crippen LogP contribution in [0.25, 0.3) is 21.5 Å². The van der Waals surface area contributed by atoms with Crippen molar-refractivity contribution < 1.29 is 9.21 Å². The van der Waals surface area contributed by atoms with E-state index in [2.05, 4.69) is 4.98 Å². The topological polar surface area (TPSA) is 68.0 Å². The molecule has 5 nitrogen and oxygen atoms in total. The molecule has 1 aromatic carbocycles. The van der Waals surface area contributed by atoms with Gasteiger partial charge in [0.1, 0.15) is 10.6 Å². The molecule has 0 radical (unpaired) electrons. The van der Waals surface area contributed by atoms with Gasteiger partial charge < -0.3 is 9.40 Å². The van der Waals surface area contributed by atoms with Crippen LogP contribution in [0.3, 0.4) is 0 Å². The van der Waals surface area contributed by atoms with Gasteiger partial charge in [-0.3, -0.25) is 9.59 Å². The van der Waals surface area contributed by atoms with Crippen LogP contribution in [-0.2, 0) is 12.8 Å². The first kappa shape index (κ1) is 18.5. The van der Waals surface area contributed by atoms with E-state index in [0.29, 0.717) is 16.2 Å². The van der Waals surface area contributed by atoms with E-state index in [4.69, 9.17) is 28.2 Å². The third-order valence-corrected chi connectivity index (χ3v) is 6.90. The van der Waals surface area contributed by atoms with Crippen LogP contribution in [0.2, 0.25) is 5.02 Å². The van der Waals surface area contributed by atoms with Gasteiger partial charge in [0.25, 0.3) is 5.56 Å². The minimum absolute atomic E-state index is 0.0556.